The molecule has 4 aromatic carbocycles. The Morgan fingerprint density at radius 2 is 1.39 bits per heavy atom. The molecule has 0 fully saturated rings. The molecule has 5 heterocycles. The van der Waals surface area contributed by atoms with E-state index in [1.54, 1.807) is 0 Å². The molecule has 0 spiro atoms. The Hall–Kier alpha value is -5.94. The lowest BCUT2D eigenvalue weighted by Gasteiger charge is -2.32. The maximum Gasteiger partial charge on any atom is 0.142 e. The van der Waals surface area contributed by atoms with Gasteiger partial charge < -0.3 is 25.3 Å². The monoisotopic (exact) mass is 636 g/mol. The van der Waals surface area contributed by atoms with Crippen LogP contribution in [0.2, 0.25) is 0 Å². The van der Waals surface area contributed by atoms with Gasteiger partial charge in [0.25, 0.3) is 0 Å². The summed E-state index contributed by atoms with van der Waals surface area (Å²) in [4.78, 5) is 2.49. The maximum absolute atomic E-state index is 6.61. The molecular formula is C44H36N4O. The Morgan fingerprint density at radius 3 is 2.24 bits per heavy atom. The quantitative estimate of drug-likeness (QED) is 0.190. The number of dihydropyridines is 1. The van der Waals surface area contributed by atoms with Gasteiger partial charge in [-0.25, -0.2) is 0 Å². The van der Waals surface area contributed by atoms with Gasteiger partial charge in [-0.2, -0.15) is 0 Å². The molecule has 5 nitrogen and oxygen atoms in total. The Bertz CT molecular complexity index is 2470. The maximum atomic E-state index is 6.61. The van der Waals surface area contributed by atoms with Gasteiger partial charge in [-0.3, -0.25) is 0 Å². The van der Waals surface area contributed by atoms with Crippen LogP contribution < -0.4 is 31.5 Å². The summed E-state index contributed by atoms with van der Waals surface area (Å²) < 4.78 is 6.61. The molecule has 5 heteroatoms. The lowest BCUT2D eigenvalue weighted by atomic mass is 9.76. The van der Waals surface area contributed by atoms with Gasteiger partial charge in [-0.15, -0.1) is 0 Å². The van der Waals surface area contributed by atoms with Crippen LogP contribution in [0.4, 0.5) is 17.1 Å². The minimum atomic E-state index is -0.142. The second-order valence-corrected chi connectivity index (χ2v) is 13.9. The molecule has 5 aromatic rings. The molecule has 1 aromatic heterocycles. The number of furan rings is 1. The molecule has 0 atom stereocenters. The van der Waals surface area contributed by atoms with Crippen LogP contribution in [-0.2, 0) is 6.54 Å². The number of anilines is 3. The lowest BCUT2D eigenvalue weighted by molar-refractivity contribution is 0.511. The van der Waals surface area contributed by atoms with E-state index in [0.717, 1.165) is 46.3 Å². The van der Waals surface area contributed by atoms with Crippen LogP contribution in [0, 0.1) is 5.41 Å². The number of fused-ring (bicyclic) bond motifs is 8. The second-order valence-electron chi connectivity index (χ2n) is 13.9. The van der Waals surface area contributed by atoms with E-state index in [9.17, 15) is 0 Å². The number of nitrogens with one attached hydrogen (secondary N) is 3. The van der Waals surface area contributed by atoms with Crippen LogP contribution in [0.5, 0.6) is 0 Å². The molecule has 0 bridgehead atoms. The van der Waals surface area contributed by atoms with Crippen molar-refractivity contribution in [3.05, 3.63) is 165 Å². The molecule has 3 N–H and O–H groups in total. The van der Waals surface area contributed by atoms with Gasteiger partial charge in [-0.1, -0.05) is 80.6 Å². The fourth-order valence-corrected chi connectivity index (χ4v) is 8.57. The van der Waals surface area contributed by atoms with Crippen LogP contribution in [-0.4, -0.2) is 13.1 Å². The van der Waals surface area contributed by atoms with Gasteiger partial charge in [0.1, 0.15) is 11.2 Å². The predicted molar refractivity (Wildman–Crippen MR) is 200 cm³/mol. The predicted octanol–water partition coefficient (Wildman–Crippen LogP) is 7.71. The number of rotatable bonds is 3. The Kier molecular flexibility index (Phi) is 6.04. The zero-order chi connectivity index (χ0) is 32.7. The molecule has 49 heavy (non-hydrogen) atoms. The highest BCUT2D eigenvalue weighted by atomic mass is 16.3. The molecular weight excluding hydrogens is 601 g/mol. The van der Waals surface area contributed by atoms with Crippen molar-refractivity contribution in [2.24, 2.45) is 5.41 Å². The first-order valence-corrected chi connectivity index (χ1v) is 17.1. The molecule has 0 saturated heterocycles. The molecule has 5 aliphatic rings. The Balaban J connectivity index is 1.26. The first kappa shape index (κ1) is 28.1. The van der Waals surface area contributed by atoms with Gasteiger partial charge in [0.15, 0.2) is 0 Å². The van der Waals surface area contributed by atoms with E-state index in [1.165, 1.54) is 61.5 Å². The standard InChI is InChI=1S/C44H36N4O/c1-44(2)37-26-46-18-16-31(37)41-32-12-6-8-14-38(32)48(39-15-9-7-13-33(39)42(41)44)30-21-28(27-10-4-3-5-11-27)20-29(22-30)34-23-47-25-36-35-24-45-19-17-40(35)49-43(34)36/h3-22,25,45-47H,23-24,26H2,1-2H3. The summed E-state index contributed by atoms with van der Waals surface area (Å²) in [5, 5.41) is 11.6. The summed E-state index contributed by atoms with van der Waals surface area (Å²) in [6.07, 6.45) is 10.5. The number of para-hydroxylation sites is 2. The van der Waals surface area contributed by atoms with E-state index in [4.69, 9.17) is 4.42 Å². The molecule has 1 aliphatic carbocycles. The summed E-state index contributed by atoms with van der Waals surface area (Å²) in [6.45, 7) is 7.08. The van der Waals surface area contributed by atoms with Crippen LogP contribution in [0.25, 0.3) is 40.1 Å². The average Bonchev–Trinajstić information content (AvgIpc) is 3.59. The van der Waals surface area contributed by atoms with Crippen LogP contribution in [0.1, 0.15) is 41.9 Å². The molecule has 0 radical (unpaired) electrons. The van der Waals surface area contributed by atoms with Crippen molar-refractivity contribution in [2.45, 2.75) is 20.4 Å². The van der Waals surface area contributed by atoms with E-state index in [0.29, 0.717) is 6.54 Å². The van der Waals surface area contributed by atoms with Gasteiger partial charge in [0.05, 0.1) is 11.4 Å². The zero-order valence-corrected chi connectivity index (χ0v) is 27.6. The number of hydrogen-bond donors (Lipinski definition) is 3. The van der Waals surface area contributed by atoms with Crippen LogP contribution >= 0.6 is 0 Å². The van der Waals surface area contributed by atoms with E-state index in [-0.39, 0.29) is 5.41 Å². The van der Waals surface area contributed by atoms with Crippen LogP contribution in [0.15, 0.2) is 131 Å². The second kappa shape index (κ2) is 10.5. The number of nitrogens with zero attached hydrogens (tertiary/aromatic N) is 1. The van der Waals surface area contributed by atoms with Gasteiger partial charge in [-0.05, 0) is 87.7 Å². The molecule has 0 amide bonds. The molecule has 238 valence electrons. The van der Waals surface area contributed by atoms with Crippen molar-refractivity contribution in [2.75, 3.05) is 18.0 Å². The number of allylic oxidation sites excluding steroid dienone is 4. The fourth-order valence-electron chi connectivity index (χ4n) is 8.57. The first-order chi connectivity index (χ1) is 24.1. The van der Waals surface area contributed by atoms with Crippen molar-refractivity contribution in [3.63, 3.8) is 0 Å². The zero-order valence-electron chi connectivity index (χ0n) is 27.6. The fraction of sp³-hybridized carbons (Fsp3) is 0.136. The van der Waals surface area contributed by atoms with E-state index in [1.807, 2.05) is 12.3 Å². The van der Waals surface area contributed by atoms with E-state index in [2.05, 4.69) is 150 Å². The highest BCUT2D eigenvalue weighted by Gasteiger charge is 2.44. The highest BCUT2D eigenvalue weighted by molar-refractivity contribution is 6.13. The van der Waals surface area contributed by atoms with Gasteiger partial charge >= 0.3 is 0 Å². The average molecular weight is 637 g/mol. The normalized spacial score (nSPS) is 17.8. The third-order valence-corrected chi connectivity index (χ3v) is 10.8. The molecule has 10 rings (SSSR count). The molecule has 0 saturated carbocycles. The van der Waals surface area contributed by atoms with Crippen molar-refractivity contribution in [1.82, 2.24) is 16.0 Å². The largest absolute Gasteiger partial charge is 0.456 e. The summed E-state index contributed by atoms with van der Waals surface area (Å²) in [5.41, 5.74) is 18.2. The summed E-state index contributed by atoms with van der Waals surface area (Å²) in [6, 6.07) is 35.7. The van der Waals surface area contributed by atoms with Crippen LogP contribution in [0.3, 0.4) is 0 Å². The third-order valence-electron chi connectivity index (χ3n) is 10.8. The Labute approximate surface area is 286 Å². The smallest absolute Gasteiger partial charge is 0.142 e. The van der Waals surface area contributed by atoms with E-state index >= 15 is 0 Å². The minimum absolute atomic E-state index is 0.142. The minimum Gasteiger partial charge on any atom is -0.456 e. The van der Waals surface area contributed by atoms with Gasteiger partial charge in [0, 0.05) is 70.6 Å². The summed E-state index contributed by atoms with van der Waals surface area (Å²) >= 11 is 0. The van der Waals surface area contributed by atoms with E-state index < -0.39 is 0 Å². The van der Waals surface area contributed by atoms with Crippen molar-refractivity contribution in [1.29, 1.82) is 0 Å². The highest BCUT2D eigenvalue weighted by Crippen LogP contribution is 2.61. The van der Waals surface area contributed by atoms with Crippen molar-refractivity contribution in [3.8, 4) is 11.1 Å². The SMILES string of the molecule is CC1(C)C2=C(C=CNC2)C2=C1c1ccccc1N(c1cc(C3=c4oc5c(c4=CNC3)CNC=C5)cc(-c3ccccc3)c1)c1ccccc12. The summed E-state index contributed by atoms with van der Waals surface area (Å²) in [5.74, 6) is 0.930. The lowest BCUT2D eigenvalue weighted by Crippen LogP contribution is -2.36. The first-order valence-electron chi connectivity index (χ1n) is 17.1. The molecule has 0 unspecified atom stereocenters. The molecule has 4 aliphatic heterocycles. The Morgan fingerprint density at radius 1 is 0.673 bits per heavy atom. The van der Waals surface area contributed by atoms with Crippen molar-refractivity contribution >= 4 is 46.1 Å². The van der Waals surface area contributed by atoms with Gasteiger partial charge in [0.2, 0.25) is 0 Å². The number of benzene rings is 4. The summed E-state index contributed by atoms with van der Waals surface area (Å²) in [7, 11) is 0. The third kappa shape index (κ3) is 4.12. The topological polar surface area (TPSA) is 52.5 Å². The number of hydrogen-bond acceptors (Lipinski definition) is 5. The van der Waals surface area contributed by atoms with Crippen molar-refractivity contribution < 1.29 is 4.42 Å².